The SMILES string of the molecule is CC(C)(C)OC(=O)N1CCC2(CC1)Cc1ncc(Cl)cc1C2=N[S+]([O-])C(C)(C)C. The van der Waals surface area contributed by atoms with Crippen LogP contribution in [0.5, 0.6) is 0 Å². The van der Waals surface area contributed by atoms with Gasteiger partial charge in [0.1, 0.15) is 27.4 Å². The third kappa shape index (κ3) is 4.89. The molecule has 1 atom stereocenters. The highest BCUT2D eigenvalue weighted by molar-refractivity contribution is 7.91. The summed E-state index contributed by atoms with van der Waals surface area (Å²) in [6.45, 7) is 12.5. The van der Waals surface area contributed by atoms with Gasteiger partial charge in [-0.1, -0.05) is 16.0 Å². The Morgan fingerprint density at radius 1 is 1.28 bits per heavy atom. The first-order valence-corrected chi connectivity index (χ1v) is 11.4. The molecule has 1 fully saturated rings. The topological polar surface area (TPSA) is 77.8 Å². The van der Waals surface area contributed by atoms with Crippen molar-refractivity contribution in [3.8, 4) is 0 Å². The van der Waals surface area contributed by atoms with Crippen molar-refractivity contribution >= 4 is 34.8 Å². The van der Waals surface area contributed by atoms with E-state index in [0.717, 1.165) is 36.2 Å². The molecule has 1 aliphatic carbocycles. The molecule has 0 bridgehead atoms. The van der Waals surface area contributed by atoms with Gasteiger partial charge < -0.3 is 14.2 Å². The van der Waals surface area contributed by atoms with Crippen molar-refractivity contribution in [2.24, 2.45) is 9.81 Å². The van der Waals surface area contributed by atoms with Gasteiger partial charge in [0.25, 0.3) is 0 Å². The van der Waals surface area contributed by atoms with Gasteiger partial charge in [-0.15, -0.1) is 0 Å². The number of halogens is 1. The zero-order chi connectivity index (χ0) is 21.6. The van der Waals surface area contributed by atoms with Gasteiger partial charge in [-0.25, -0.2) is 4.79 Å². The number of aromatic nitrogens is 1. The molecule has 1 amide bonds. The van der Waals surface area contributed by atoms with Gasteiger partial charge in [0.2, 0.25) is 0 Å². The maximum Gasteiger partial charge on any atom is 0.410 e. The van der Waals surface area contributed by atoms with Crippen LogP contribution in [0.2, 0.25) is 5.02 Å². The van der Waals surface area contributed by atoms with Crippen LogP contribution in [0.1, 0.15) is 65.6 Å². The molecule has 1 saturated heterocycles. The fraction of sp³-hybridized carbons (Fsp3) is 0.667. The standard InChI is InChI=1S/C21H30ClN3O3S/c1-19(2,3)28-18(26)25-9-7-21(8-10-25)12-16-15(11-14(22)13-23-16)17(21)24-29(27)20(4,5)6/h11,13H,7-10,12H2,1-6H3. The maximum atomic E-state index is 12.9. The van der Waals surface area contributed by atoms with E-state index >= 15 is 0 Å². The number of carbonyl (C=O) groups is 1. The molecular weight excluding hydrogens is 410 g/mol. The van der Waals surface area contributed by atoms with E-state index in [9.17, 15) is 9.35 Å². The van der Waals surface area contributed by atoms with Gasteiger partial charge in [-0.3, -0.25) is 4.98 Å². The Labute approximate surface area is 181 Å². The Balaban J connectivity index is 1.88. The van der Waals surface area contributed by atoms with Crippen molar-refractivity contribution < 1.29 is 14.1 Å². The van der Waals surface area contributed by atoms with E-state index in [1.165, 1.54) is 0 Å². The Kier molecular flexibility index (Phi) is 5.98. The zero-order valence-electron chi connectivity index (χ0n) is 18.0. The Morgan fingerprint density at radius 2 is 1.90 bits per heavy atom. The molecule has 0 radical (unpaired) electrons. The highest BCUT2D eigenvalue weighted by Crippen LogP contribution is 2.46. The van der Waals surface area contributed by atoms with Crippen LogP contribution in [-0.4, -0.2) is 49.7 Å². The molecule has 1 aromatic rings. The van der Waals surface area contributed by atoms with Crippen molar-refractivity contribution in [2.75, 3.05) is 13.1 Å². The number of hydrogen-bond donors (Lipinski definition) is 0. The number of pyridine rings is 1. The number of likely N-dealkylation sites (tertiary alicyclic amines) is 1. The molecule has 29 heavy (non-hydrogen) atoms. The Bertz CT molecular complexity index is 821. The molecule has 8 heteroatoms. The minimum Gasteiger partial charge on any atom is -0.591 e. The fourth-order valence-electron chi connectivity index (χ4n) is 3.73. The van der Waals surface area contributed by atoms with Crippen molar-refractivity contribution in [3.05, 3.63) is 28.5 Å². The molecule has 1 aliphatic heterocycles. The number of carbonyl (C=O) groups excluding carboxylic acids is 1. The van der Waals surface area contributed by atoms with Gasteiger partial charge in [-0.05, 0) is 60.5 Å². The molecule has 2 aliphatic rings. The average Bonchev–Trinajstić information content (AvgIpc) is 2.86. The van der Waals surface area contributed by atoms with E-state index < -0.39 is 21.7 Å². The molecular formula is C21H30ClN3O3S. The molecule has 2 heterocycles. The molecule has 1 aromatic heterocycles. The van der Waals surface area contributed by atoms with Crippen LogP contribution >= 0.6 is 11.6 Å². The number of amides is 1. The number of rotatable bonds is 1. The van der Waals surface area contributed by atoms with Crippen LogP contribution in [0.25, 0.3) is 0 Å². The summed E-state index contributed by atoms with van der Waals surface area (Å²) in [5.41, 5.74) is 1.84. The lowest BCUT2D eigenvalue weighted by atomic mass is 9.75. The summed E-state index contributed by atoms with van der Waals surface area (Å²) in [7, 11) is 0. The van der Waals surface area contributed by atoms with Crippen LogP contribution in [0, 0.1) is 5.41 Å². The lowest BCUT2D eigenvalue weighted by Crippen LogP contribution is -2.47. The lowest BCUT2D eigenvalue weighted by Gasteiger charge is -2.39. The fourth-order valence-corrected chi connectivity index (χ4v) is 4.62. The highest BCUT2D eigenvalue weighted by Gasteiger charge is 2.49. The zero-order valence-corrected chi connectivity index (χ0v) is 19.6. The number of piperidine rings is 1. The van der Waals surface area contributed by atoms with Crippen LogP contribution in [0.3, 0.4) is 0 Å². The first-order valence-electron chi connectivity index (χ1n) is 9.95. The first-order chi connectivity index (χ1) is 13.3. The second-order valence-corrected chi connectivity index (χ2v) is 12.2. The van der Waals surface area contributed by atoms with Gasteiger partial charge in [0.05, 0.1) is 10.7 Å². The summed E-state index contributed by atoms with van der Waals surface area (Å²) in [6.07, 6.45) is 3.52. The lowest BCUT2D eigenvalue weighted by molar-refractivity contribution is 0.0159. The van der Waals surface area contributed by atoms with Crippen molar-refractivity contribution in [3.63, 3.8) is 0 Å². The molecule has 0 aromatic carbocycles. The average molecular weight is 440 g/mol. The van der Waals surface area contributed by atoms with Crippen molar-refractivity contribution in [2.45, 2.75) is 71.2 Å². The largest absolute Gasteiger partial charge is 0.591 e. The molecule has 160 valence electrons. The minimum atomic E-state index is -1.39. The summed E-state index contributed by atoms with van der Waals surface area (Å²) >= 11 is 4.82. The van der Waals surface area contributed by atoms with E-state index in [1.807, 2.05) is 47.6 Å². The second kappa shape index (κ2) is 7.75. The van der Waals surface area contributed by atoms with Crippen molar-refractivity contribution in [1.29, 1.82) is 0 Å². The number of hydrogen-bond acceptors (Lipinski definition) is 5. The Hall–Kier alpha value is -1.31. The van der Waals surface area contributed by atoms with Crippen LogP contribution < -0.4 is 0 Å². The minimum absolute atomic E-state index is 0.278. The van der Waals surface area contributed by atoms with Crippen molar-refractivity contribution in [1.82, 2.24) is 9.88 Å². The van der Waals surface area contributed by atoms with Gasteiger partial charge in [0, 0.05) is 36.7 Å². The first kappa shape index (κ1) is 22.4. The van der Waals surface area contributed by atoms with E-state index in [4.69, 9.17) is 20.7 Å². The third-order valence-corrected chi connectivity index (χ3v) is 6.87. The normalized spacial score (nSPS) is 21.4. The van der Waals surface area contributed by atoms with Crippen LogP contribution in [0.15, 0.2) is 16.7 Å². The molecule has 6 nitrogen and oxygen atoms in total. The summed E-state index contributed by atoms with van der Waals surface area (Å²) < 4.78 is 22.6. The molecule has 3 rings (SSSR count). The molecule has 1 unspecified atom stereocenters. The predicted molar refractivity (Wildman–Crippen MR) is 117 cm³/mol. The number of ether oxygens (including phenoxy) is 1. The predicted octanol–water partition coefficient (Wildman–Crippen LogP) is 4.56. The van der Waals surface area contributed by atoms with E-state index in [-0.39, 0.29) is 11.5 Å². The van der Waals surface area contributed by atoms with Gasteiger partial charge >= 0.3 is 6.09 Å². The summed E-state index contributed by atoms with van der Waals surface area (Å²) in [5, 5.41) is 0.543. The van der Waals surface area contributed by atoms with Gasteiger partial charge in [-0.2, -0.15) is 0 Å². The summed E-state index contributed by atoms with van der Waals surface area (Å²) in [6, 6.07) is 1.87. The molecule has 1 spiro atoms. The van der Waals surface area contributed by atoms with E-state index in [0.29, 0.717) is 18.1 Å². The molecule has 0 saturated carbocycles. The van der Waals surface area contributed by atoms with Crippen LogP contribution in [0.4, 0.5) is 4.79 Å². The van der Waals surface area contributed by atoms with E-state index in [1.54, 1.807) is 11.1 Å². The smallest absolute Gasteiger partial charge is 0.410 e. The molecule has 0 N–H and O–H groups in total. The Morgan fingerprint density at radius 3 is 2.45 bits per heavy atom. The third-order valence-electron chi connectivity index (χ3n) is 5.27. The quantitative estimate of drug-likeness (QED) is 0.601. The highest BCUT2D eigenvalue weighted by atomic mass is 35.5. The summed E-state index contributed by atoms with van der Waals surface area (Å²) in [5.74, 6) is 0. The number of nitrogens with zero attached hydrogens (tertiary/aromatic N) is 3. The summed E-state index contributed by atoms with van der Waals surface area (Å²) in [4.78, 5) is 18.7. The van der Waals surface area contributed by atoms with Gasteiger partial charge in [0.15, 0.2) is 0 Å². The second-order valence-electron chi connectivity index (χ2n) is 9.87. The van der Waals surface area contributed by atoms with Crippen LogP contribution in [-0.2, 0) is 22.5 Å². The maximum absolute atomic E-state index is 12.9. The monoisotopic (exact) mass is 439 g/mol. The van der Waals surface area contributed by atoms with E-state index in [2.05, 4.69) is 4.98 Å². The number of fused-ring (bicyclic) bond motifs is 1.